The lowest BCUT2D eigenvalue weighted by atomic mass is 10.1. The molecule has 1 fully saturated rings. The highest BCUT2D eigenvalue weighted by Crippen LogP contribution is 2.22. The van der Waals surface area contributed by atoms with Crippen LogP contribution in [0.15, 0.2) is 30.3 Å². The number of hydrogen-bond acceptors (Lipinski definition) is 4. The first-order chi connectivity index (χ1) is 6.77. The van der Waals surface area contributed by atoms with Crippen LogP contribution in [0.4, 0.5) is 4.79 Å². The number of aliphatic hydroxyl groups excluding tert-OH is 1. The summed E-state index contributed by atoms with van der Waals surface area (Å²) in [5.41, 5.74) is 0.718. The molecule has 1 aliphatic rings. The number of benzene rings is 1. The molecule has 1 aliphatic heterocycles. The van der Waals surface area contributed by atoms with E-state index in [1.54, 1.807) is 12.1 Å². The zero-order chi connectivity index (χ0) is 9.97. The summed E-state index contributed by atoms with van der Waals surface area (Å²) >= 11 is 0. The van der Waals surface area contributed by atoms with Gasteiger partial charge in [0.15, 0.2) is 6.10 Å². The molecule has 1 aromatic carbocycles. The molecule has 2 atom stereocenters. The van der Waals surface area contributed by atoms with E-state index in [4.69, 9.17) is 4.74 Å². The Morgan fingerprint density at radius 2 is 2.07 bits per heavy atom. The smallest absolute Gasteiger partial charge is 0.430 e. The van der Waals surface area contributed by atoms with Crippen LogP contribution in [0.3, 0.4) is 0 Å². The van der Waals surface area contributed by atoms with Gasteiger partial charge in [-0.25, -0.2) is 4.79 Å². The predicted octanol–water partition coefficient (Wildman–Crippen LogP) is 1.26. The van der Waals surface area contributed by atoms with Crippen molar-refractivity contribution >= 4 is 6.16 Å². The zero-order valence-corrected chi connectivity index (χ0v) is 7.42. The van der Waals surface area contributed by atoms with Gasteiger partial charge in [-0.05, 0) is 5.56 Å². The summed E-state index contributed by atoms with van der Waals surface area (Å²) in [5, 5.41) is 9.78. The van der Waals surface area contributed by atoms with E-state index in [1.807, 2.05) is 18.2 Å². The molecule has 0 amide bonds. The summed E-state index contributed by atoms with van der Waals surface area (Å²) < 4.78 is 9.35. The first kappa shape index (κ1) is 9.02. The monoisotopic (exact) mass is 194 g/mol. The predicted molar refractivity (Wildman–Crippen MR) is 47.6 cm³/mol. The van der Waals surface area contributed by atoms with Gasteiger partial charge in [0.1, 0.15) is 12.7 Å². The minimum Gasteiger partial charge on any atom is -0.430 e. The molecule has 14 heavy (non-hydrogen) atoms. The zero-order valence-electron chi connectivity index (χ0n) is 7.42. The van der Waals surface area contributed by atoms with E-state index in [0.29, 0.717) is 0 Å². The second-order valence-electron chi connectivity index (χ2n) is 3.07. The van der Waals surface area contributed by atoms with Crippen molar-refractivity contribution in [2.24, 2.45) is 0 Å². The molecule has 2 rings (SSSR count). The quantitative estimate of drug-likeness (QED) is 0.720. The molecule has 0 unspecified atom stereocenters. The Hall–Kier alpha value is -1.55. The second kappa shape index (κ2) is 3.67. The maximum Gasteiger partial charge on any atom is 0.508 e. The van der Waals surface area contributed by atoms with Gasteiger partial charge in [-0.15, -0.1) is 0 Å². The Kier molecular flexibility index (Phi) is 2.37. The van der Waals surface area contributed by atoms with Gasteiger partial charge in [0, 0.05) is 0 Å². The molecule has 1 aromatic rings. The first-order valence-electron chi connectivity index (χ1n) is 4.34. The lowest BCUT2D eigenvalue weighted by Crippen LogP contribution is -2.20. The number of aliphatic hydroxyl groups is 1. The van der Waals surface area contributed by atoms with E-state index >= 15 is 0 Å². The van der Waals surface area contributed by atoms with Crippen LogP contribution in [-0.2, 0) is 9.47 Å². The van der Waals surface area contributed by atoms with Gasteiger partial charge in [-0.3, -0.25) is 0 Å². The van der Waals surface area contributed by atoms with Crippen LogP contribution in [0.1, 0.15) is 11.7 Å². The lowest BCUT2D eigenvalue weighted by Gasteiger charge is -2.14. The van der Waals surface area contributed by atoms with E-state index in [0.717, 1.165) is 5.56 Å². The van der Waals surface area contributed by atoms with Crippen LogP contribution in [0.5, 0.6) is 0 Å². The molecule has 1 N–H and O–H groups in total. The van der Waals surface area contributed by atoms with E-state index in [1.165, 1.54) is 0 Å². The van der Waals surface area contributed by atoms with Crippen LogP contribution in [0.25, 0.3) is 0 Å². The number of carbonyl (C=O) groups is 1. The fourth-order valence-corrected chi connectivity index (χ4v) is 1.36. The maximum atomic E-state index is 10.6. The van der Waals surface area contributed by atoms with Gasteiger partial charge in [0.05, 0.1) is 0 Å². The van der Waals surface area contributed by atoms with Crippen molar-refractivity contribution in [3.05, 3.63) is 35.9 Å². The number of hydrogen-bond donors (Lipinski definition) is 1. The van der Waals surface area contributed by atoms with Gasteiger partial charge >= 0.3 is 6.16 Å². The molecule has 1 saturated heterocycles. The molecule has 4 heteroatoms. The topological polar surface area (TPSA) is 55.8 Å². The largest absolute Gasteiger partial charge is 0.508 e. The van der Waals surface area contributed by atoms with Gasteiger partial charge in [0.2, 0.25) is 0 Å². The summed E-state index contributed by atoms with van der Waals surface area (Å²) in [6.07, 6.45) is -2.13. The Morgan fingerprint density at radius 1 is 1.36 bits per heavy atom. The summed E-state index contributed by atoms with van der Waals surface area (Å²) in [5.74, 6) is 0. The minimum atomic E-state index is -0.817. The third-order valence-corrected chi connectivity index (χ3v) is 2.11. The standard InChI is InChI=1S/C10H10O4/c11-9(7-4-2-1-3-5-7)8-6-13-10(12)14-8/h1-5,8-9,11H,6H2/t8-,9-/m0/s1. The van der Waals surface area contributed by atoms with Gasteiger partial charge in [0.25, 0.3) is 0 Å². The third-order valence-electron chi connectivity index (χ3n) is 2.11. The Morgan fingerprint density at radius 3 is 2.64 bits per heavy atom. The molecule has 1 heterocycles. The summed E-state index contributed by atoms with van der Waals surface area (Å²) in [7, 11) is 0. The lowest BCUT2D eigenvalue weighted by molar-refractivity contribution is 0.0319. The van der Waals surface area contributed by atoms with Gasteiger partial charge in [-0.2, -0.15) is 0 Å². The molecule has 0 spiro atoms. The number of cyclic esters (lactones) is 2. The third kappa shape index (κ3) is 1.70. The van der Waals surface area contributed by atoms with Crippen molar-refractivity contribution < 1.29 is 19.4 Å². The molecule has 0 aromatic heterocycles. The van der Waals surface area contributed by atoms with Gasteiger partial charge < -0.3 is 14.6 Å². The second-order valence-corrected chi connectivity index (χ2v) is 3.07. The van der Waals surface area contributed by atoms with Crippen molar-refractivity contribution in [2.75, 3.05) is 6.61 Å². The average molecular weight is 194 g/mol. The highest BCUT2D eigenvalue weighted by atomic mass is 16.8. The van der Waals surface area contributed by atoms with E-state index < -0.39 is 18.4 Å². The maximum absolute atomic E-state index is 10.6. The summed E-state index contributed by atoms with van der Waals surface area (Å²) in [6.45, 7) is 0.106. The van der Waals surface area contributed by atoms with Crippen LogP contribution in [0, 0.1) is 0 Å². The molecular formula is C10H10O4. The van der Waals surface area contributed by atoms with E-state index in [2.05, 4.69) is 4.74 Å². The molecule has 74 valence electrons. The fraction of sp³-hybridized carbons (Fsp3) is 0.300. The first-order valence-corrected chi connectivity index (χ1v) is 4.34. The van der Waals surface area contributed by atoms with Crippen molar-refractivity contribution in [3.63, 3.8) is 0 Å². The van der Waals surface area contributed by atoms with E-state index in [-0.39, 0.29) is 6.61 Å². The normalized spacial score (nSPS) is 22.6. The molecule has 0 saturated carbocycles. The SMILES string of the molecule is O=C1OC[C@@H]([C@@H](O)c2ccccc2)O1. The number of rotatable bonds is 2. The van der Waals surface area contributed by atoms with Crippen LogP contribution in [-0.4, -0.2) is 24.0 Å². The fourth-order valence-electron chi connectivity index (χ4n) is 1.36. The average Bonchev–Trinajstić information content (AvgIpc) is 2.65. The van der Waals surface area contributed by atoms with Crippen molar-refractivity contribution in [2.45, 2.75) is 12.2 Å². The molecular weight excluding hydrogens is 184 g/mol. The molecule has 4 nitrogen and oxygen atoms in total. The Bertz CT molecular complexity index is 322. The van der Waals surface area contributed by atoms with Crippen LogP contribution < -0.4 is 0 Å². The highest BCUT2D eigenvalue weighted by molar-refractivity contribution is 5.62. The number of ether oxygens (including phenoxy) is 2. The molecule has 0 aliphatic carbocycles. The van der Waals surface area contributed by atoms with Crippen molar-refractivity contribution in [1.82, 2.24) is 0 Å². The Balaban J connectivity index is 2.09. The highest BCUT2D eigenvalue weighted by Gasteiger charge is 2.32. The molecule has 0 radical (unpaired) electrons. The van der Waals surface area contributed by atoms with Gasteiger partial charge in [-0.1, -0.05) is 30.3 Å². The minimum absolute atomic E-state index is 0.106. The summed E-state index contributed by atoms with van der Waals surface area (Å²) in [4.78, 5) is 10.6. The number of carbonyl (C=O) groups excluding carboxylic acids is 1. The van der Waals surface area contributed by atoms with E-state index in [9.17, 15) is 9.90 Å². The van der Waals surface area contributed by atoms with Crippen molar-refractivity contribution in [3.8, 4) is 0 Å². The van der Waals surface area contributed by atoms with Crippen LogP contribution >= 0.6 is 0 Å². The molecule has 0 bridgehead atoms. The van der Waals surface area contributed by atoms with Crippen LogP contribution in [0.2, 0.25) is 0 Å². The Labute approximate surface area is 81.1 Å². The van der Waals surface area contributed by atoms with Crippen molar-refractivity contribution in [1.29, 1.82) is 0 Å². The summed E-state index contributed by atoms with van der Waals surface area (Å²) in [6, 6.07) is 9.04.